The van der Waals surface area contributed by atoms with Gasteiger partial charge in [-0.15, -0.1) is 0 Å². The molecule has 0 aliphatic rings. The summed E-state index contributed by atoms with van der Waals surface area (Å²) in [6.45, 7) is 9.54. The van der Waals surface area contributed by atoms with Crippen molar-refractivity contribution >= 4 is 0 Å². The second-order valence-corrected chi connectivity index (χ2v) is 5.39. The number of nitrogens with one attached hydrogen (secondary N) is 1. The Morgan fingerprint density at radius 2 is 2.17 bits per heavy atom. The molecule has 0 atom stereocenters. The van der Waals surface area contributed by atoms with Crippen molar-refractivity contribution in [3.8, 4) is 11.5 Å². The quantitative estimate of drug-likeness (QED) is 0.566. The molecule has 6 nitrogen and oxygen atoms in total. The number of hydrogen-bond donors (Lipinski definition) is 1. The summed E-state index contributed by atoms with van der Waals surface area (Å²) in [5.74, 6) is 2.75. The Bertz CT molecular complexity index is 652. The van der Waals surface area contributed by atoms with Gasteiger partial charge in [-0.1, -0.05) is 17.8 Å². The van der Waals surface area contributed by atoms with Crippen molar-refractivity contribution in [2.24, 2.45) is 0 Å². The van der Waals surface area contributed by atoms with Gasteiger partial charge in [-0.2, -0.15) is 4.98 Å². The molecule has 0 bridgehead atoms. The minimum absolute atomic E-state index is 0.476. The van der Waals surface area contributed by atoms with E-state index >= 15 is 0 Å². The fraction of sp³-hybridized carbons (Fsp3) is 0.412. The number of aryl methyl sites for hydroxylation is 1. The van der Waals surface area contributed by atoms with Gasteiger partial charge in [0.2, 0.25) is 5.89 Å². The predicted octanol–water partition coefficient (Wildman–Crippen LogP) is 2.67. The van der Waals surface area contributed by atoms with Gasteiger partial charge in [0.1, 0.15) is 6.61 Å². The normalized spacial score (nSPS) is 10.6. The van der Waals surface area contributed by atoms with Crippen LogP contribution in [0.3, 0.4) is 0 Å². The van der Waals surface area contributed by atoms with Gasteiger partial charge in [0.05, 0.1) is 7.11 Å². The number of aromatic nitrogens is 2. The van der Waals surface area contributed by atoms with Gasteiger partial charge in [-0.3, -0.25) is 0 Å². The van der Waals surface area contributed by atoms with Gasteiger partial charge < -0.3 is 19.3 Å². The van der Waals surface area contributed by atoms with Crippen molar-refractivity contribution in [1.29, 1.82) is 0 Å². The fourth-order valence-electron chi connectivity index (χ4n) is 2.01. The van der Waals surface area contributed by atoms with Crippen LogP contribution in [0.2, 0.25) is 0 Å². The zero-order valence-electron chi connectivity index (χ0n) is 13.9. The lowest BCUT2D eigenvalue weighted by Gasteiger charge is -2.12. The van der Waals surface area contributed by atoms with Crippen LogP contribution in [0.25, 0.3) is 0 Å². The zero-order valence-corrected chi connectivity index (χ0v) is 13.9. The van der Waals surface area contributed by atoms with Gasteiger partial charge in [-0.05, 0) is 37.1 Å². The first kappa shape index (κ1) is 17.0. The lowest BCUT2D eigenvalue weighted by molar-refractivity contribution is 0.319. The lowest BCUT2D eigenvalue weighted by atomic mass is 10.2. The van der Waals surface area contributed by atoms with E-state index < -0.39 is 0 Å². The molecule has 0 aliphatic heterocycles. The number of ether oxygens (including phenoxy) is 2. The topological polar surface area (TPSA) is 69.4 Å². The van der Waals surface area contributed by atoms with Crippen molar-refractivity contribution in [2.75, 3.05) is 20.3 Å². The molecule has 1 heterocycles. The smallest absolute Gasteiger partial charge is 0.227 e. The van der Waals surface area contributed by atoms with E-state index in [9.17, 15) is 0 Å². The summed E-state index contributed by atoms with van der Waals surface area (Å²) in [5.41, 5.74) is 2.08. The predicted molar refractivity (Wildman–Crippen MR) is 87.7 cm³/mol. The van der Waals surface area contributed by atoms with E-state index in [2.05, 4.69) is 22.0 Å². The van der Waals surface area contributed by atoms with E-state index in [-0.39, 0.29) is 0 Å². The standard InChI is InChI=1S/C17H23N3O3/c1-12(2)11-22-16-9-14(5-6-15(16)21-4)10-18-8-7-17-19-13(3)20-23-17/h5-6,9,18H,1,7-8,10-11H2,2-4H3. The van der Waals surface area contributed by atoms with Gasteiger partial charge in [-0.25, -0.2) is 0 Å². The molecule has 6 heteroatoms. The zero-order chi connectivity index (χ0) is 16.7. The summed E-state index contributed by atoms with van der Waals surface area (Å²) >= 11 is 0. The van der Waals surface area contributed by atoms with Crippen molar-refractivity contribution in [1.82, 2.24) is 15.5 Å². The summed E-state index contributed by atoms with van der Waals surface area (Å²) in [7, 11) is 1.63. The Morgan fingerprint density at radius 3 is 2.83 bits per heavy atom. The van der Waals surface area contributed by atoms with Gasteiger partial charge in [0.25, 0.3) is 0 Å². The van der Waals surface area contributed by atoms with Crippen LogP contribution in [0.4, 0.5) is 0 Å². The summed E-state index contributed by atoms with van der Waals surface area (Å²) in [6.07, 6.45) is 0.704. The highest BCUT2D eigenvalue weighted by Crippen LogP contribution is 2.28. The average Bonchev–Trinajstić information content (AvgIpc) is 2.95. The van der Waals surface area contributed by atoms with Crippen LogP contribution in [0, 0.1) is 6.92 Å². The van der Waals surface area contributed by atoms with E-state index in [0.717, 1.165) is 35.7 Å². The molecule has 0 aliphatic carbocycles. The van der Waals surface area contributed by atoms with Gasteiger partial charge in [0, 0.05) is 19.5 Å². The van der Waals surface area contributed by atoms with Crippen LogP contribution in [0.15, 0.2) is 34.9 Å². The number of benzene rings is 1. The summed E-state index contributed by atoms with van der Waals surface area (Å²) < 4.78 is 16.1. The lowest BCUT2D eigenvalue weighted by Crippen LogP contribution is -2.17. The highest BCUT2D eigenvalue weighted by molar-refractivity contribution is 5.43. The number of nitrogens with zero attached hydrogens (tertiary/aromatic N) is 2. The van der Waals surface area contributed by atoms with Crippen LogP contribution in [-0.2, 0) is 13.0 Å². The third kappa shape index (κ3) is 5.41. The molecule has 0 amide bonds. The van der Waals surface area contributed by atoms with Gasteiger partial charge >= 0.3 is 0 Å². The molecule has 0 fully saturated rings. The van der Waals surface area contributed by atoms with Crippen LogP contribution in [-0.4, -0.2) is 30.4 Å². The van der Waals surface area contributed by atoms with Gasteiger partial charge in [0.15, 0.2) is 17.3 Å². The minimum Gasteiger partial charge on any atom is -0.493 e. The largest absolute Gasteiger partial charge is 0.493 e. The molecule has 2 rings (SSSR count). The van der Waals surface area contributed by atoms with Crippen molar-refractivity contribution in [3.63, 3.8) is 0 Å². The maximum atomic E-state index is 5.72. The Labute approximate surface area is 136 Å². The second-order valence-electron chi connectivity index (χ2n) is 5.39. The molecule has 0 unspecified atom stereocenters. The number of methoxy groups -OCH3 is 1. The van der Waals surface area contributed by atoms with Crippen LogP contribution >= 0.6 is 0 Å². The Kier molecular flexibility index (Phi) is 6.17. The van der Waals surface area contributed by atoms with Crippen LogP contribution in [0.5, 0.6) is 11.5 Å². The first-order chi connectivity index (χ1) is 11.1. The highest BCUT2D eigenvalue weighted by atomic mass is 16.5. The van der Waals surface area contributed by atoms with Crippen LogP contribution in [0.1, 0.15) is 24.2 Å². The van der Waals surface area contributed by atoms with E-state index in [1.165, 1.54) is 0 Å². The van der Waals surface area contributed by atoms with Crippen molar-refractivity contribution in [3.05, 3.63) is 47.6 Å². The summed E-state index contributed by atoms with van der Waals surface area (Å²) in [6, 6.07) is 5.90. The molecule has 124 valence electrons. The maximum absolute atomic E-state index is 5.72. The van der Waals surface area contributed by atoms with E-state index in [4.69, 9.17) is 14.0 Å². The van der Waals surface area contributed by atoms with Crippen LogP contribution < -0.4 is 14.8 Å². The van der Waals surface area contributed by atoms with E-state index in [1.54, 1.807) is 7.11 Å². The summed E-state index contributed by atoms with van der Waals surface area (Å²) in [4.78, 5) is 4.17. The Balaban J connectivity index is 1.86. The monoisotopic (exact) mass is 317 g/mol. The molecule has 1 N–H and O–H groups in total. The molecule has 1 aromatic carbocycles. The molecule has 0 saturated heterocycles. The van der Waals surface area contributed by atoms with E-state index in [0.29, 0.717) is 24.7 Å². The fourth-order valence-corrected chi connectivity index (χ4v) is 2.01. The second kappa shape index (κ2) is 8.33. The van der Waals surface area contributed by atoms with E-state index in [1.807, 2.05) is 32.0 Å². The number of hydrogen-bond acceptors (Lipinski definition) is 6. The van der Waals surface area contributed by atoms with Crippen molar-refractivity contribution in [2.45, 2.75) is 26.8 Å². The average molecular weight is 317 g/mol. The molecular weight excluding hydrogens is 294 g/mol. The first-order valence-corrected chi connectivity index (χ1v) is 7.52. The maximum Gasteiger partial charge on any atom is 0.227 e. The third-order valence-electron chi connectivity index (χ3n) is 3.12. The Morgan fingerprint density at radius 1 is 1.35 bits per heavy atom. The van der Waals surface area contributed by atoms with Crippen molar-refractivity contribution < 1.29 is 14.0 Å². The highest BCUT2D eigenvalue weighted by Gasteiger charge is 2.07. The minimum atomic E-state index is 0.476. The number of rotatable bonds is 9. The molecule has 23 heavy (non-hydrogen) atoms. The molecule has 1 aromatic heterocycles. The molecule has 2 aromatic rings. The molecule has 0 radical (unpaired) electrons. The summed E-state index contributed by atoms with van der Waals surface area (Å²) in [5, 5.41) is 7.11. The molecular formula is C17H23N3O3. The Hall–Kier alpha value is -2.34. The molecule has 0 saturated carbocycles. The first-order valence-electron chi connectivity index (χ1n) is 7.52. The molecule has 0 spiro atoms. The third-order valence-corrected chi connectivity index (χ3v) is 3.12. The SMILES string of the molecule is C=C(C)COc1cc(CNCCc2nc(C)no2)ccc1OC.